The molecule has 0 aliphatic heterocycles. The van der Waals surface area contributed by atoms with Gasteiger partial charge in [0, 0.05) is 26.3 Å². The van der Waals surface area contributed by atoms with Crippen LogP contribution < -0.4 is 21.7 Å². The quantitative estimate of drug-likeness (QED) is 0.477. The molecule has 1 amide bonds. The van der Waals surface area contributed by atoms with E-state index in [2.05, 4.69) is 25.9 Å². The van der Waals surface area contributed by atoms with Crippen LogP contribution >= 0.6 is 0 Å². The molecule has 8 heteroatoms. The summed E-state index contributed by atoms with van der Waals surface area (Å²) in [5.74, 6) is 1.14. The van der Waals surface area contributed by atoms with E-state index in [4.69, 9.17) is 10.5 Å². The summed E-state index contributed by atoms with van der Waals surface area (Å²) in [4.78, 5) is 19.5. The third kappa shape index (κ3) is 5.87. The Morgan fingerprint density at radius 1 is 1.37 bits per heavy atom. The van der Waals surface area contributed by atoms with Crippen molar-refractivity contribution in [2.75, 3.05) is 49.7 Å². The number of aromatic nitrogens is 2. The van der Waals surface area contributed by atoms with Crippen LogP contribution in [-0.4, -0.2) is 49.2 Å². The number of methoxy groups -OCH3 is 1. The molecule has 5 N–H and O–H groups in total. The first-order valence-corrected chi connectivity index (χ1v) is 6.03. The lowest BCUT2D eigenvalue weighted by molar-refractivity contribution is -0.119. The summed E-state index contributed by atoms with van der Waals surface area (Å²) in [6.07, 6.45) is 0. The molecule has 0 aliphatic carbocycles. The van der Waals surface area contributed by atoms with Gasteiger partial charge in [0.25, 0.3) is 0 Å². The van der Waals surface area contributed by atoms with Crippen molar-refractivity contribution in [3.63, 3.8) is 0 Å². The summed E-state index contributed by atoms with van der Waals surface area (Å²) >= 11 is 0. The van der Waals surface area contributed by atoms with E-state index in [1.54, 1.807) is 13.2 Å². The lowest BCUT2D eigenvalue weighted by Gasteiger charge is -2.09. The number of hydrogen-bond acceptors (Lipinski definition) is 7. The number of nitrogens with two attached hydrogens (primary N) is 1. The molecule has 0 saturated carbocycles. The van der Waals surface area contributed by atoms with Crippen LogP contribution in [0.1, 0.15) is 6.92 Å². The van der Waals surface area contributed by atoms with Gasteiger partial charge in [-0.15, -0.1) is 0 Å². The maximum Gasteiger partial charge on any atom is 0.239 e. The molecular formula is C11H20N6O2. The number of hydrogen-bond donors (Lipinski definition) is 4. The van der Waals surface area contributed by atoms with Crippen LogP contribution in [0, 0.1) is 0 Å². The van der Waals surface area contributed by atoms with Gasteiger partial charge in [0.2, 0.25) is 11.9 Å². The number of amides is 1. The molecule has 0 saturated heterocycles. The van der Waals surface area contributed by atoms with Gasteiger partial charge in [-0.05, 0) is 6.92 Å². The fraction of sp³-hybridized carbons (Fsp3) is 0.545. The summed E-state index contributed by atoms with van der Waals surface area (Å²) in [5.41, 5.74) is 5.57. The number of rotatable bonds is 8. The largest absolute Gasteiger partial charge is 0.383 e. The van der Waals surface area contributed by atoms with Crippen molar-refractivity contribution in [3.8, 4) is 0 Å². The average Bonchev–Trinajstić information content (AvgIpc) is 2.36. The van der Waals surface area contributed by atoms with E-state index in [1.807, 2.05) is 6.92 Å². The number of anilines is 3. The van der Waals surface area contributed by atoms with Crippen molar-refractivity contribution >= 4 is 23.5 Å². The molecule has 0 fully saturated rings. The summed E-state index contributed by atoms with van der Waals surface area (Å²) in [6.45, 7) is 3.76. The van der Waals surface area contributed by atoms with Crippen LogP contribution in [0.25, 0.3) is 0 Å². The van der Waals surface area contributed by atoms with E-state index >= 15 is 0 Å². The zero-order valence-corrected chi connectivity index (χ0v) is 11.2. The average molecular weight is 268 g/mol. The molecule has 0 unspecified atom stereocenters. The van der Waals surface area contributed by atoms with Crippen molar-refractivity contribution in [2.45, 2.75) is 6.92 Å². The number of carbonyl (C=O) groups excluding carboxylic acids is 1. The Bertz CT molecular complexity index is 412. The summed E-state index contributed by atoms with van der Waals surface area (Å²) in [6, 6.07) is 1.70. The third-order valence-corrected chi connectivity index (χ3v) is 2.16. The van der Waals surface area contributed by atoms with E-state index in [0.29, 0.717) is 24.8 Å². The van der Waals surface area contributed by atoms with Gasteiger partial charge in [0.05, 0.1) is 13.2 Å². The van der Waals surface area contributed by atoms with Gasteiger partial charge >= 0.3 is 0 Å². The van der Waals surface area contributed by atoms with Gasteiger partial charge in [0.15, 0.2) is 0 Å². The molecule has 1 rings (SSSR count). The highest BCUT2D eigenvalue weighted by molar-refractivity contribution is 5.80. The van der Waals surface area contributed by atoms with Gasteiger partial charge < -0.3 is 26.4 Å². The summed E-state index contributed by atoms with van der Waals surface area (Å²) < 4.78 is 4.83. The standard InChI is InChI=1S/C11H20N6O2/c1-3-13-8-6-9(17-11(12)16-8)15-7-10(18)14-4-5-19-2/h6H,3-5,7H2,1-2H3,(H,14,18)(H4,12,13,15,16,17). The first-order chi connectivity index (χ1) is 9.15. The van der Waals surface area contributed by atoms with Gasteiger partial charge in [-0.25, -0.2) is 0 Å². The van der Waals surface area contributed by atoms with Crippen LogP contribution in [-0.2, 0) is 9.53 Å². The second-order valence-electron chi connectivity index (χ2n) is 3.72. The number of carbonyl (C=O) groups is 1. The first-order valence-electron chi connectivity index (χ1n) is 6.03. The van der Waals surface area contributed by atoms with Crippen LogP contribution in [0.15, 0.2) is 6.07 Å². The molecule has 1 aromatic heterocycles. The van der Waals surface area contributed by atoms with Crippen molar-refractivity contribution in [3.05, 3.63) is 6.07 Å². The molecule has 1 heterocycles. The van der Waals surface area contributed by atoms with Crippen molar-refractivity contribution in [2.24, 2.45) is 0 Å². The van der Waals surface area contributed by atoms with Crippen molar-refractivity contribution < 1.29 is 9.53 Å². The second kappa shape index (κ2) is 8.09. The van der Waals surface area contributed by atoms with Crippen molar-refractivity contribution in [1.29, 1.82) is 0 Å². The molecule has 0 aromatic carbocycles. The monoisotopic (exact) mass is 268 g/mol. The molecule has 8 nitrogen and oxygen atoms in total. The Hall–Kier alpha value is -2.09. The molecule has 0 spiro atoms. The maximum absolute atomic E-state index is 11.5. The van der Waals surface area contributed by atoms with Gasteiger partial charge in [-0.3, -0.25) is 4.79 Å². The zero-order chi connectivity index (χ0) is 14.1. The molecule has 1 aromatic rings. The fourth-order valence-electron chi connectivity index (χ4n) is 1.35. The Morgan fingerprint density at radius 3 is 2.68 bits per heavy atom. The smallest absolute Gasteiger partial charge is 0.239 e. The highest BCUT2D eigenvalue weighted by Crippen LogP contribution is 2.11. The van der Waals surface area contributed by atoms with Crippen LogP contribution in [0.4, 0.5) is 17.6 Å². The van der Waals surface area contributed by atoms with E-state index in [0.717, 1.165) is 6.54 Å². The molecule has 0 bridgehead atoms. The highest BCUT2D eigenvalue weighted by atomic mass is 16.5. The van der Waals surface area contributed by atoms with Gasteiger partial charge in [-0.1, -0.05) is 0 Å². The Kier molecular flexibility index (Phi) is 6.37. The SMILES string of the molecule is CCNc1cc(NCC(=O)NCCOC)nc(N)n1. The predicted octanol–water partition coefficient (Wildman–Crippen LogP) is -0.335. The number of ether oxygens (including phenoxy) is 1. The first kappa shape index (κ1) is 15.0. The third-order valence-electron chi connectivity index (χ3n) is 2.16. The minimum absolute atomic E-state index is 0.117. The van der Waals surface area contributed by atoms with E-state index < -0.39 is 0 Å². The molecule has 19 heavy (non-hydrogen) atoms. The second-order valence-corrected chi connectivity index (χ2v) is 3.72. The van der Waals surface area contributed by atoms with Crippen LogP contribution in [0.3, 0.4) is 0 Å². The minimum Gasteiger partial charge on any atom is -0.383 e. The zero-order valence-electron chi connectivity index (χ0n) is 11.2. The molecular weight excluding hydrogens is 248 g/mol. The number of nitrogens with one attached hydrogen (secondary N) is 3. The molecule has 0 atom stereocenters. The lowest BCUT2D eigenvalue weighted by atomic mass is 10.4. The van der Waals surface area contributed by atoms with E-state index in [-0.39, 0.29) is 18.4 Å². The lowest BCUT2D eigenvalue weighted by Crippen LogP contribution is -2.32. The number of nitrogen functional groups attached to an aromatic ring is 1. The maximum atomic E-state index is 11.5. The highest BCUT2D eigenvalue weighted by Gasteiger charge is 2.04. The topological polar surface area (TPSA) is 114 Å². The van der Waals surface area contributed by atoms with Crippen molar-refractivity contribution in [1.82, 2.24) is 15.3 Å². The Labute approximate surface area is 112 Å². The minimum atomic E-state index is -0.140. The molecule has 0 radical (unpaired) electrons. The predicted molar refractivity (Wildman–Crippen MR) is 74.0 cm³/mol. The fourth-order valence-corrected chi connectivity index (χ4v) is 1.35. The van der Waals surface area contributed by atoms with E-state index in [1.165, 1.54) is 0 Å². The molecule has 0 aliphatic rings. The normalized spacial score (nSPS) is 10.0. The van der Waals surface area contributed by atoms with Crippen LogP contribution in [0.2, 0.25) is 0 Å². The summed E-state index contributed by atoms with van der Waals surface area (Å²) in [7, 11) is 1.58. The van der Waals surface area contributed by atoms with Gasteiger partial charge in [0.1, 0.15) is 11.6 Å². The Balaban J connectivity index is 2.45. The Morgan fingerprint density at radius 2 is 2.05 bits per heavy atom. The number of nitrogens with zero attached hydrogens (tertiary/aromatic N) is 2. The van der Waals surface area contributed by atoms with Gasteiger partial charge in [-0.2, -0.15) is 9.97 Å². The van der Waals surface area contributed by atoms with Crippen LogP contribution in [0.5, 0.6) is 0 Å². The van der Waals surface area contributed by atoms with E-state index in [9.17, 15) is 4.79 Å². The summed E-state index contributed by atoms with van der Waals surface area (Å²) in [5, 5.41) is 8.61. The molecule has 106 valence electrons.